The number of benzene rings is 1. The van der Waals surface area contributed by atoms with Gasteiger partial charge in [-0.25, -0.2) is 4.79 Å². The summed E-state index contributed by atoms with van der Waals surface area (Å²) in [6, 6.07) is 3.40. The fourth-order valence-corrected chi connectivity index (χ4v) is 1.81. The van der Waals surface area contributed by atoms with E-state index < -0.39 is 16.1 Å². The van der Waals surface area contributed by atoms with Gasteiger partial charge in [-0.3, -0.25) is 15.4 Å². The number of anilines is 1. The van der Waals surface area contributed by atoms with Crippen molar-refractivity contribution in [2.24, 2.45) is 5.73 Å². The summed E-state index contributed by atoms with van der Waals surface area (Å²) in [6.07, 6.45) is 0. The molecule has 2 amide bonds. The minimum Gasteiger partial charge on any atom is -0.350 e. The van der Waals surface area contributed by atoms with Gasteiger partial charge >= 0.3 is 6.03 Å². The molecular weight excluding hydrogens is 234 g/mol. The first-order valence-corrected chi connectivity index (χ1v) is 5.64. The standard InChI is InChI=1S/C8H11N3O4S/c1-5-2-3-6(10-11-8(9)12)7(4-5)16(13,14)15/h2-4,10H,1H3,(H3,9,11,12)(H,13,14,15). The third-order valence-corrected chi connectivity index (χ3v) is 2.63. The zero-order valence-electron chi connectivity index (χ0n) is 8.39. The second kappa shape index (κ2) is 4.37. The summed E-state index contributed by atoms with van der Waals surface area (Å²) in [5, 5.41) is 0. The SMILES string of the molecule is Cc1ccc(NNC(N)=O)c(S(=O)(=O)O)c1. The van der Waals surface area contributed by atoms with E-state index >= 15 is 0 Å². The molecule has 0 saturated carbocycles. The highest BCUT2D eigenvalue weighted by atomic mass is 32.2. The maximum absolute atomic E-state index is 11.0. The lowest BCUT2D eigenvalue weighted by Crippen LogP contribution is -2.34. The molecule has 0 spiro atoms. The number of carbonyl (C=O) groups is 1. The molecule has 0 atom stereocenters. The topological polar surface area (TPSA) is 122 Å². The van der Waals surface area contributed by atoms with Gasteiger partial charge in [-0.15, -0.1) is 0 Å². The molecule has 1 aromatic rings. The van der Waals surface area contributed by atoms with Gasteiger partial charge in [0.25, 0.3) is 10.1 Å². The molecule has 0 radical (unpaired) electrons. The molecule has 0 aliphatic heterocycles. The van der Waals surface area contributed by atoms with Crippen LogP contribution in [-0.2, 0) is 10.1 Å². The average Bonchev–Trinajstić information content (AvgIpc) is 2.14. The Bertz CT molecular complexity index is 512. The molecule has 0 fully saturated rings. The molecule has 5 N–H and O–H groups in total. The number of hydrogen-bond donors (Lipinski definition) is 4. The molecule has 0 saturated heterocycles. The molecule has 0 heterocycles. The van der Waals surface area contributed by atoms with Crippen LogP contribution in [0.25, 0.3) is 0 Å². The largest absolute Gasteiger partial charge is 0.350 e. The summed E-state index contributed by atoms with van der Waals surface area (Å²) in [7, 11) is -4.36. The van der Waals surface area contributed by atoms with Crippen LogP contribution in [0.5, 0.6) is 0 Å². The Morgan fingerprint density at radius 1 is 1.44 bits per heavy atom. The number of hydrogen-bond acceptors (Lipinski definition) is 4. The van der Waals surface area contributed by atoms with Crippen LogP contribution in [0.3, 0.4) is 0 Å². The van der Waals surface area contributed by atoms with Crippen molar-refractivity contribution in [3.05, 3.63) is 23.8 Å². The van der Waals surface area contributed by atoms with Crippen LogP contribution in [0.1, 0.15) is 5.56 Å². The summed E-state index contributed by atoms with van der Waals surface area (Å²) in [6.45, 7) is 1.67. The van der Waals surface area contributed by atoms with Crippen molar-refractivity contribution in [3.8, 4) is 0 Å². The molecule has 0 unspecified atom stereocenters. The fraction of sp³-hybridized carbons (Fsp3) is 0.125. The molecule has 7 nitrogen and oxygen atoms in total. The van der Waals surface area contributed by atoms with Gasteiger partial charge in [0, 0.05) is 0 Å². The van der Waals surface area contributed by atoms with E-state index in [1.54, 1.807) is 13.0 Å². The molecule has 8 heteroatoms. The Hall–Kier alpha value is -1.80. The van der Waals surface area contributed by atoms with Crippen LogP contribution in [0.2, 0.25) is 0 Å². The minimum atomic E-state index is -4.36. The van der Waals surface area contributed by atoms with Crippen molar-refractivity contribution in [2.75, 3.05) is 5.43 Å². The van der Waals surface area contributed by atoms with Gasteiger partial charge in [-0.1, -0.05) is 6.07 Å². The maximum Gasteiger partial charge on any atom is 0.330 e. The van der Waals surface area contributed by atoms with Crippen LogP contribution >= 0.6 is 0 Å². The first-order chi connectivity index (χ1) is 7.30. The van der Waals surface area contributed by atoms with Crippen molar-refractivity contribution < 1.29 is 17.8 Å². The van der Waals surface area contributed by atoms with Crippen LogP contribution in [0, 0.1) is 6.92 Å². The summed E-state index contributed by atoms with van der Waals surface area (Å²) in [5.74, 6) is 0. The highest BCUT2D eigenvalue weighted by Crippen LogP contribution is 2.21. The van der Waals surface area contributed by atoms with Crippen molar-refractivity contribution in [1.82, 2.24) is 5.43 Å². The van der Waals surface area contributed by atoms with E-state index in [1.165, 1.54) is 12.1 Å². The second-order valence-electron chi connectivity index (χ2n) is 3.09. The monoisotopic (exact) mass is 245 g/mol. The lowest BCUT2D eigenvalue weighted by molar-refractivity contribution is 0.250. The van der Waals surface area contributed by atoms with Crippen molar-refractivity contribution >= 4 is 21.8 Å². The highest BCUT2D eigenvalue weighted by Gasteiger charge is 2.15. The van der Waals surface area contributed by atoms with E-state index in [2.05, 4.69) is 5.43 Å². The predicted octanol–water partition coefficient (Wildman–Crippen LogP) is 0.237. The van der Waals surface area contributed by atoms with E-state index in [9.17, 15) is 13.2 Å². The maximum atomic E-state index is 11.0. The predicted molar refractivity (Wildman–Crippen MR) is 57.3 cm³/mol. The average molecular weight is 245 g/mol. The zero-order chi connectivity index (χ0) is 12.3. The number of carbonyl (C=O) groups excluding carboxylic acids is 1. The number of urea groups is 1. The zero-order valence-corrected chi connectivity index (χ0v) is 9.21. The first kappa shape index (κ1) is 12.3. The van der Waals surface area contributed by atoms with E-state index in [0.29, 0.717) is 5.56 Å². The van der Waals surface area contributed by atoms with E-state index in [0.717, 1.165) is 0 Å². The minimum absolute atomic E-state index is 0.0342. The van der Waals surface area contributed by atoms with Gasteiger partial charge in [0.05, 0.1) is 5.69 Å². The Labute approximate surface area is 92.4 Å². The first-order valence-electron chi connectivity index (χ1n) is 4.20. The lowest BCUT2D eigenvalue weighted by atomic mass is 10.2. The number of nitrogens with one attached hydrogen (secondary N) is 2. The Kier molecular flexibility index (Phi) is 3.35. The highest BCUT2D eigenvalue weighted by molar-refractivity contribution is 7.86. The molecule has 0 aromatic heterocycles. The Balaban J connectivity index is 3.13. The number of nitrogens with two attached hydrogens (primary N) is 1. The van der Waals surface area contributed by atoms with Gasteiger partial charge in [-0.2, -0.15) is 8.42 Å². The van der Waals surface area contributed by atoms with Crippen LogP contribution in [-0.4, -0.2) is 19.0 Å². The van der Waals surface area contributed by atoms with Crippen molar-refractivity contribution in [1.29, 1.82) is 0 Å². The van der Waals surface area contributed by atoms with Gasteiger partial charge < -0.3 is 5.73 Å². The fourth-order valence-electron chi connectivity index (χ4n) is 1.08. The molecular formula is C8H11N3O4S. The number of hydrazine groups is 1. The smallest absolute Gasteiger partial charge is 0.330 e. The number of amides is 2. The van der Waals surface area contributed by atoms with Crippen molar-refractivity contribution in [3.63, 3.8) is 0 Å². The number of primary amides is 1. The molecule has 16 heavy (non-hydrogen) atoms. The van der Waals surface area contributed by atoms with E-state index in [1.807, 2.05) is 5.43 Å². The normalized spacial score (nSPS) is 10.9. The summed E-state index contributed by atoms with van der Waals surface area (Å²) in [4.78, 5) is 10.1. The van der Waals surface area contributed by atoms with E-state index in [4.69, 9.17) is 10.3 Å². The van der Waals surface area contributed by atoms with Crippen LogP contribution < -0.4 is 16.6 Å². The third kappa shape index (κ3) is 3.11. The van der Waals surface area contributed by atoms with Crippen LogP contribution in [0.15, 0.2) is 23.1 Å². The van der Waals surface area contributed by atoms with Gasteiger partial charge in [0.2, 0.25) is 0 Å². The van der Waals surface area contributed by atoms with Crippen LogP contribution in [0.4, 0.5) is 10.5 Å². The van der Waals surface area contributed by atoms with Gasteiger partial charge in [-0.05, 0) is 24.6 Å². The third-order valence-electron chi connectivity index (χ3n) is 1.74. The molecule has 0 aliphatic carbocycles. The van der Waals surface area contributed by atoms with E-state index in [-0.39, 0.29) is 10.6 Å². The van der Waals surface area contributed by atoms with Gasteiger partial charge in [0.1, 0.15) is 4.90 Å². The second-order valence-corrected chi connectivity index (χ2v) is 4.48. The summed E-state index contributed by atoms with van der Waals surface area (Å²) >= 11 is 0. The summed E-state index contributed by atoms with van der Waals surface area (Å²) in [5.41, 5.74) is 9.78. The quantitative estimate of drug-likeness (QED) is 0.449. The molecule has 0 bridgehead atoms. The number of aryl methyl sites for hydroxylation is 1. The molecule has 88 valence electrons. The summed E-state index contributed by atoms with van der Waals surface area (Å²) < 4.78 is 31.0. The Morgan fingerprint density at radius 3 is 2.56 bits per heavy atom. The lowest BCUT2D eigenvalue weighted by Gasteiger charge is -2.10. The number of rotatable bonds is 3. The Morgan fingerprint density at radius 2 is 2.06 bits per heavy atom. The molecule has 1 aromatic carbocycles. The van der Waals surface area contributed by atoms with Crippen molar-refractivity contribution in [2.45, 2.75) is 11.8 Å². The molecule has 1 rings (SSSR count). The van der Waals surface area contributed by atoms with Gasteiger partial charge in [0.15, 0.2) is 0 Å². The molecule has 0 aliphatic rings.